The van der Waals surface area contributed by atoms with Gasteiger partial charge in [0.15, 0.2) is 0 Å². The number of nitrogens with two attached hydrogens (primary N) is 1. The fraction of sp³-hybridized carbons (Fsp3) is 0.333. The number of hydrogen-bond donors (Lipinski definition) is 3. The van der Waals surface area contributed by atoms with Crippen LogP contribution in [0.5, 0.6) is 0 Å². The first-order valence-electron chi connectivity index (χ1n) is 3.24. The Balaban J connectivity index is 3.12. The zero-order valence-corrected chi connectivity index (χ0v) is 6.22. The summed E-state index contributed by atoms with van der Waals surface area (Å²) in [7, 11) is 1.70. The molecule has 60 valence electrons. The van der Waals surface area contributed by atoms with E-state index in [-0.39, 0.29) is 5.69 Å². The molecule has 0 aliphatic carbocycles. The molecule has 0 saturated heterocycles. The molecule has 11 heavy (non-hydrogen) atoms. The topological polar surface area (TPSA) is 83.8 Å². The number of rotatable bonds is 2. The highest BCUT2D eigenvalue weighted by Crippen LogP contribution is 1.98. The van der Waals surface area contributed by atoms with E-state index in [1.165, 1.54) is 0 Å². The maximum Gasteiger partial charge on any atom is 0.347 e. The summed E-state index contributed by atoms with van der Waals surface area (Å²) in [6.45, 7) is 0.312. The summed E-state index contributed by atoms with van der Waals surface area (Å²) in [4.78, 5) is 16.9. The molecule has 1 heterocycles. The second-order valence-electron chi connectivity index (χ2n) is 2.05. The lowest BCUT2D eigenvalue weighted by atomic mass is 10.4. The molecule has 0 bridgehead atoms. The summed E-state index contributed by atoms with van der Waals surface area (Å²) < 4.78 is 0. The van der Waals surface area contributed by atoms with Gasteiger partial charge < -0.3 is 16.0 Å². The molecule has 0 spiro atoms. The highest BCUT2D eigenvalue weighted by atomic mass is 16.1. The van der Waals surface area contributed by atoms with Crippen molar-refractivity contribution in [1.29, 1.82) is 0 Å². The van der Waals surface area contributed by atoms with Crippen molar-refractivity contribution in [2.45, 2.75) is 6.54 Å². The van der Waals surface area contributed by atoms with Crippen LogP contribution >= 0.6 is 0 Å². The number of nitrogens with one attached hydrogen (secondary N) is 2. The second kappa shape index (κ2) is 3.16. The molecule has 5 heteroatoms. The van der Waals surface area contributed by atoms with Crippen LogP contribution < -0.4 is 16.7 Å². The molecule has 0 aliphatic heterocycles. The Bertz CT molecular complexity index is 268. The van der Waals surface area contributed by atoms with Crippen molar-refractivity contribution in [3.8, 4) is 0 Å². The lowest BCUT2D eigenvalue weighted by Crippen LogP contribution is -2.16. The number of anilines is 1. The first kappa shape index (κ1) is 7.74. The molecule has 0 saturated carbocycles. The molecular weight excluding hydrogens is 144 g/mol. The Morgan fingerprint density at radius 1 is 1.82 bits per heavy atom. The number of hydrogen-bond acceptors (Lipinski definition) is 4. The maximum atomic E-state index is 10.8. The summed E-state index contributed by atoms with van der Waals surface area (Å²) in [6, 6.07) is 1.70. The van der Waals surface area contributed by atoms with Gasteiger partial charge in [0.1, 0.15) is 5.82 Å². The van der Waals surface area contributed by atoms with Crippen LogP contribution in [-0.4, -0.2) is 17.0 Å². The van der Waals surface area contributed by atoms with Crippen LogP contribution in [0.25, 0.3) is 0 Å². The Hall–Kier alpha value is -1.36. The van der Waals surface area contributed by atoms with Gasteiger partial charge in [-0.2, -0.15) is 4.98 Å². The third kappa shape index (κ3) is 1.78. The van der Waals surface area contributed by atoms with Crippen LogP contribution in [0.3, 0.4) is 0 Å². The van der Waals surface area contributed by atoms with Gasteiger partial charge in [0, 0.05) is 25.4 Å². The van der Waals surface area contributed by atoms with Crippen LogP contribution in [0.1, 0.15) is 5.69 Å². The van der Waals surface area contributed by atoms with Crippen molar-refractivity contribution < 1.29 is 0 Å². The minimum atomic E-state index is -0.377. The molecule has 0 unspecified atom stereocenters. The molecule has 1 rings (SSSR count). The van der Waals surface area contributed by atoms with Gasteiger partial charge in [-0.15, -0.1) is 0 Å². The monoisotopic (exact) mass is 154 g/mol. The standard InChI is InChI=1S/C6H10N4O/c1-8-5-2-4(3-7)9-6(11)10-5/h2H,3,7H2,1H3,(H2,8,9,10,11). The summed E-state index contributed by atoms with van der Waals surface area (Å²) >= 11 is 0. The lowest BCUT2D eigenvalue weighted by Gasteiger charge is -1.99. The molecule has 0 fully saturated rings. The van der Waals surface area contributed by atoms with Gasteiger partial charge in [-0.3, -0.25) is 0 Å². The first-order chi connectivity index (χ1) is 5.26. The van der Waals surface area contributed by atoms with Crippen molar-refractivity contribution in [1.82, 2.24) is 9.97 Å². The fourth-order valence-electron chi connectivity index (χ4n) is 0.746. The van der Waals surface area contributed by atoms with Crippen LogP contribution in [0, 0.1) is 0 Å². The number of aromatic nitrogens is 2. The predicted molar refractivity (Wildman–Crippen MR) is 42.3 cm³/mol. The Morgan fingerprint density at radius 3 is 3.09 bits per heavy atom. The van der Waals surface area contributed by atoms with Gasteiger partial charge in [-0.25, -0.2) is 4.79 Å². The van der Waals surface area contributed by atoms with E-state index in [9.17, 15) is 4.79 Å². The minimum Gasteiger partial charge on any atom is -0.373 e. The maximum absolute atomic E-state index is 10.8. The van der Waals surface area contributed by atoms with Crippen molar-refractivity contribution in [2.24, 2.45) is 5.73 Å². The van der Waals surface area contributed by atoms with E-state index in [0.29, 0.717) is 18.1 Å². The molecule has 0 amide bonds. The average molecular weight is 154 g/mol. The second-order valence-corrected chi connectivity index (χ2v) is 2.05. The quantitative estimate of drug-likeness (QED) is 0.524. The highest BCUT2D eigenvalue weighted by Gasteiger charge is 1.95. The van der Waals surface area contributed by atoms with E-state index in [1.54, 1.807) is 13.1 Å². The molecule has 1 aromatic heterocycles. The molecule has 0 atom stereocenters. The SMILES string of the molecule is CNc1cc(CN)[nH]c(=O)n1. The van der Waals surface area contributed by atoms with E-state index in [4.69, 9.17) is 5.73 Å². The van der Waals surface area contributed by atoms with Gasteiger partial charge in [-0.05, 0) is 0 Å². The van der Waals surface area contributed by atoms with E-state index in [0.717, 1.165) is 0 Å². The Kier molecular flexibility index (Phi) is 2.22. The third-order valence-corrected chi connectivity index (χ3v) is 1.28. The summed E-state index contributed by atoms with van der Waals surface area (Å²) in [5, 5.41) is 2.76. The molecule has 1 aromatic rings. The fourth-order valence-corrected chi connectivity index (χ4v) is 0.746. The van der Waals surface area contributed by atoms with Crippen LogP contribution in [0.2, 0.25) is 0 Å². The molecule has 0 aliphatic rings. The summed E-state index contributed by atoms with van der Waals surface area (Å²) in [6.07, 6.45) is 0. The zero-order valence-electron chi connectivity index (χ0n) is 6.22. The van der Waals surface area contributed by atoms with E-state index >= 15 is 0 Å². The van der Waals surface area contributed by atoms with Crippen molar-refractivity contribution >= 4 is 5.82 Å². The van der Waals surface area contributed by atoms with E-state index in [2.05, 4.69) is 15.3 Å². The first-order valence-corrected chi connectivity index (χ1v) is 3.24. The molecular formula is C6H10N4O. The molecule has 5 nitrogen and oxygen atoms in total. The Labute approximate surface area is 63.7 Å². The van der Waals surface area contributed by atoms with Crippen LogP contribution in [0.15, 0.2) is 10.9 Å². The summed E-state index contributed by atoms with van der Waals surface area (Å²) in [5.74, 6) is 0.536. The normalized spacial score (nSPS) is 9.64. The van der Waals surface area contributed by atoms with E-state index in [1.807, 2.05) is 0 Å². The minimum absolute atomic E-state index is 0.312. The van der Waals surface area contributed by atoms with Gasteiger partial charge in [0.2, 0.25) is 0 Å². The highest BCUT2D eigenvalue weighted by molar-refractivity contribution is 5.33. The van der Waals surface area contributed by atoms with Crippen LogP contribution in [-0.2, 0) is 6.54 Å². The average Bonchev–Trinajstić information content (AvgIpc) is 2.03. The van der Waals surface area contributed by atoms with E-state index < -0.39 is 0 Å². The summed E-state index contributed by atoms with van der Waals surface area (Å²) in [5.41, 5.74) is 5.61. The molecule has 0 radical (unpaired) electrons. The predicted octanol–water partition coefficient (Wildman–Crippen LogP) is -0.730. The third-order valence-electron chi connectivity index (χ3n) is 1.28. The van der Waals surface area contributed by atoms with Gasteiger partial charge >= 0.3 is 5.69 Å². The van der Waals surface area contributed by atoms with Gasteiger partial charge in [0.05, 0.1) is 0 Å². The zero-order chi connectivity index (χ0) is 8.27. The molecule has 4 N–H and O–H groups in total. The molecule has 0 aromatic carbocycles. The van der Waals surface area contributed by atoms with Gasteiger partial charge in [0.25, 0.3) is 0 Å². The van der Waals surface area contributed by atoms with Gasteiger partial charge in [-0.1, -0.05) is 0 Å². The van der Waals surface area contributed by atoms with Crippen molar-refractivity contribution in [2.75, 3.05) is 12.4 Å². The number of nitrogens with zero attached hydrogens (tertiary/aromatic N) is 1. The van der Waals surface area contributed by atoms with Crippen molar-refractivity contribution in [3.63, 3.8) is 0 Å². The van der Waals surface area contributed by atoms with Crippen molar-refractivity contribution in [3.05, 3.63) is 22.2 Å². The lowest BCUT2D eigenvalue weighted by molar-refractivity contribution is 0.933. The largest absolute Gasteiger partial charge is 0.373 e. The number of H-pyrrole nitrogens is 1. The smallest absolute Gasteiger partial charge is 0.347 e. The Morgan fingerprint density at radius 2 is 2.55 bits per heavy atom. The van der Waals surface area contributed by atoms with Crippen LogP contribution in [0.4, 0.5) is 5.82 Å². The number of aromatic amines is 1.